The van der Waals surface area contributed by atoms with Crippen LogP contribution in [0.3, 0.4) is 0 Å². The molecule has 0 radical (unpaired) electrons. The van der Waals surface area contributed by atoms with Gasteiger partial charge < -0.3 is 20.1 Å². The molecule has 0 fully saturated rings. The number of methoxy groups -OCH3 is 1. The molecule has 0 aliphatic carbocycles. The Balaban J connectivity index is 2.70. The Morgan fingerprint density at radius 2 is 1.94 bits per heavy atom. The van der Waals surface area contributed by atoms with Crippen LogP contribution in [-0.2, 0) is 0 Å². The Morgan fingerprint density at radius 1 is 1.29 bits per heavy atom. The standard InChI is InChI=1S/C13H22N2O2/c1-13(2,15(3)4)9-17-12-7-6-10(16-5)8-11(12)14/h6-8H,9,14H2,1-5H3. The lowest BCUT2D eigenvalue weighted by Crippen LogP contribution is -2.43. The molecule has 0 unspecified atom stereocenters. The quantitative estimate of drug-likeness (QED) is 0.797. The molecule has 0 atom stereocenters. The van der Waals surface area contributed by atoms with Gasteiger partial charge in [-0.1, -0.05) is 0 Å². The van der Waals surface area contributed by atoms with E-state index in [0.29, 0.717) is 18.0 Å². The minimum absolute atomic E-state index is 0.0353. The molecule has 0 aliphatic heterocycles. The summed E-state index contributed by atoms with van der Waals surface area (Å²) in [5, 5.41) is 0. The van der Waals surface area contributed by atoms with Crippen molar-refractivity contribution in [2.45, 2.75) is 19.4 Å². The first-order valence-corrected chi connectivity index (χ1v) is 5.60. The lowest BCUT2D eigenvalue weighted by atomic mass is 10.1. The Bertz CT molecular complexity index is 376. The van der Waals surface area contributed by atoms with Crippen LogP contribution in [0, 0.1) is 0 Å². The Hall–Kier alpha value is -1.42. The van der Waals surface area contributed by atoms with Crippen molar-refractivity contribution >= 4 is 5.69 Å². The number of nitrogens with two attached hydrogens (primary N) is 1. The molecule has 0 aliphatic rings. The highest BCUT2D eigenvalue weighted by atomic mass is 16.5. The van der Waals surface area contributed by atoms with E-state index < -0.39 is 0 Å². The molecule has 0 saturated heterocycles. The second-order valence-corrected chi connectivity index (χ2v) is 4.90. The van der Waals surface area contributed by atoms with Gasteiger partial charge in [0.15, 0.2) is 0 Å². The average molecular weight is 238 g/mol. The van der Waals surface area contributed by atoms with Gasteiger partial charge in [0.25, 0.3) is 0 Å². The minimum atomic E-state index is -0.0353. The van der Waals surface area contributed by atoms with Crippen LogP contribution in [0.15, 0.2) is 18.2 Å². The molecule has 2 N–H and O–H groups in total. The number of hydrogen-bond acceptors (Lipinski definition) is 4. The molecular weight excluding hydrogens is 216 g/mol. The highest BCUT2D eigenvalue weighted by Crippen LogP contribution is 2.27. The Labute approximate surface area is 103 Å². The van der Waals surface area contributed by atoms with Crippen molar-refractivity contribution in [3.63, 3.8) is 0 Å². The summed E-state index contributed by atoms with van der Waals surface area (Å²) in [6.45, 7) is 4.82. The maximum atomic E-state index is 5.88. The summed E-state index contributed by atoms with van der Waals surface area (Å²) in [5.41, 5.74) is 6.44. The van der Waals surface area contributed by atoms with Crippen molar-refractivity contribution in [1.82, 2.24) is 4.90 Å². The van der Waals surface area contributed by atoms with E-state index in [4.69, 9.17) is 15.2 Å². The molecule has 0 aromatic heterocycles. The van der Waals surface area contributed by atoms with E-state index in [1.54, 1.807) is 13.2 Å². The molecular formula is C13H22N2O2. The van der Waals surface area contributed by atoms with E-state index in [2.05, 4.69) is 18.7 Å². The van der Waals surface area contributed by atoms with Gasteiger partial charge in [0.05, 0.1) is 12.8 Å². The van der Waals surface area contributed by atoms with E-state index in [-0.39, 0.29) is 5.54 Å². The normalized spacial score (nSPS) is 11.6. The van der Waals surface area contributed by atoms with E-state index in [1.807, 2.05) is 26.2 Å². The number of anilines is 1. The van der Waals surface area contributed by atoms with E-state index in [0.717, 1.165) is 5.75 Å². The lowest BCUT2D eigenvalue weighted by molar-refractivity contribution is 0.114. The highest BCUT2D eigenvalue weighted by Gasteiger charge is 2.21. The zero-order valence-corrected chi connectivity index (χ0v) is 11.3. The smallest absolute Gasteiger partial charge is 0.142 e. The predicted octanol–water partition coefficient (Wildman–Crippen LogP) is 2.00. The first-order chi connectivity index (χ1) is 7.86. The maximum absolute atomic E-state index is 5.88. The molecule has 4 nitrogen and oxygen atoms in total. The molecule has 17 heavy (non-hydrogen) atoms. The van der Waals surface area contributed by atoms with Crippen molar-refractivity contribution in [3.8, 4) is 11.5 Å². The monoisotopic (exact) mass is 238 g/mol. The van der Waals surface area contributed by atoms with Crippen LogP contribution in [-0.4, -0.2) is 38.3 Å². The Morgan fingerprint density at radius 3 is 2.41 bits per heavy atom. The molecule has 1 rings (SSSR count). The second kappa shape index (κ2) is 5.27. The maximum Gasteiger partial charge on any atom is 0.142 e. The number of rotatable bonds is 5. The molecule has 0 spiro atoms. The predicted molar refractivity (Wildman–Crippen MR) is 70.7 cm³/mol. The van der Waals surface area contributed by atoms with Crippen LogP contribution < -0.4 is 15.2 Å². The summed E-state index contributed by atoms with van der Waals surface area (Å²) >= 11 is 0. The van der Waals surface area contributed by atoms with Crippen LogP contribution in [0.25, 0.3) is 0 Å². The summed E-state index contributed by atoms with van der Waals surface area (Å²) in [6.07, 6.45) is 0. The number of hydrogen-bond donors (Lipinski definition) is 1. The molecule has 0 heterocycles. The van der Waals surface area contributed by atoms with Crippen LogP contribution >= 0.6 is 0 Å². The fourth-order valence-electron chi connectivity index (χ4n) is 1.17. The van der Waals surface area contributed by atoms with E-state index in [9.17, 15) is 0 Å². The third kappa shape index (κ3) is 3.53. The summed E-state index contributed by atoms with van der Waals surface area (Å²) in [4.78, 5) is 2.12. The highest BCUT2D eigenvalue weighted by molar-refractivity contribution is 5.56. The third-order valence-electron chi connectivity index (χ3n) is 3.01. The number of likely N-dealkylation sites (N-methyl/N-ethyl adjacent to an activating group) is 1. The van der Waals surface area contributed by atoms with Gasteiger partial charge >= 0.3 is 0 Å². The van der Waals surface area contributed by atoms with E-state index >= 15 is 0 Å². The molecule has 0 saturated carbocycles. The molecule has 0 bridgehead atoms. The van der Waals surface area contributed by atoms with Crippen molar-refractivity contribution in [1.29, 1.82) is 0 Å². The van der Waals surface area contributed by atoms with Gasteiger partial charge in [-0.2, -0.15) is 0 Å². The topological polar surface area (TPSA) is 47.7 Å². The van der Waals surface area contributed by atoms with Crippen LogP contribution in [0.5, 0.6) is 11.5 Å². The summed E-state index contributed by atoms with van der Waals surface area (Å²) in [7, 11) is 5.67. The minimum Gasteiger partial charge on any atom is -0.497 e. The Kier molecular flexibility index (Phi) is 4.23. The van der Waals surface area contributed by atoms with Gasteiger partial charge in [0, 0.05) is 11.6 Å². The van der Waals surface area contributed by atoms with Gasteiger partial charge in [0.1, 0.15) is 18.1 Å². The van der Waals surface area contributed by atoms with Crippen molar-refractivity contribution in [2.24, 2.45) is 0 Å². The third-order valence-corrected chi connectivity index (χ3v) is 3.01. The fourth-order valence-corrected chi connectivity index (χ4v) is 1.17. The summed E-state index contributed by atoms with van der Waals surface area (Å²) in [5.74, 6) is 1.43. The van der Waals surface area contributed by atoms with Crippen molar-refractivity contribution in [2.75, 3.05) is 33.5 Å². The molecule has 1 aromatic rings. The zero-order valence-electron chi connectivity index (χ0n) is 11.3. The fraction of sp³-hybridized carbons (Fsp3) is 0.538. The molecule has 0 amide bonds. The first kappa shape index (κ1) is 13.6. The van der Waals surface area contributed by atoms with Gasteiger partial charge in [-0.05, 0) is 40.1 Å². The zero-order chi connectivity index (χ0) is 13.1. The van der Waals surface area contributed by atoms with Crippen LogP contribution in [0.2, 0.25) is 0 Å². The van der Waals surface area contributed by atoms with Gasteiger partial charge in [-0.25, -0.2) is 0 Å². The van der Waals surface area contributed by atoms with Crippen molar-refractivity contribution < 1.29 is 9.47 Å². The summed E-state index contributed by atoms with van der Waals surface area (Å²) in [6, 6.07) is 5.44. The number of nitrogen functional groups attached to an aromatic ring is 1. The number of ether oxygens (including phenoxy) is 2. The molecule has 4 heteroatoms. The van der Waals surface area contributed by atoms with Gasteiger partial charge in [-0.3, -0.25) is 0 Å². The SMILES string of the molecule is COc1ccc(OCC(C)(C)N(C)C)c(N)c1. The van der Waals surface area contributed by atoms with Gasteiger partial charge in [-0.15, -0.1) is 0 Å². The van der Waals surface area contributed by atoms with Crippen molar-refractivity contribution in [3.05, 3.63) is 18.2 Å². The average Bonchev–Trinajstić information content (AvgIpc) is 2.27. The lowest BCUT2D eigenvalue weighted by Gasteiger charge is -2.32. The van der Waals surface area contributed by atoms with E-state index in [1.165, 1.54) is 0 Å². The second-order valence-electron chi connectivity index (χ2n) is 4.90. The first-order valence-electron chi connectivity index (χ1n) is 5.60. The largest absolute Gasteiger partial charge is 0.497 e. The van der Waals surface area contributed by atoms with Crippen LogP contribution in [0.1, 0.15) is 13.8 Å². The number of nitrogens with zero attached hydrogens (tertiary/aromatic N) is 1. The molecule has 96 valence electrons. The summed E-state index contributed by atoms with van der Waals surface area (Å²) < 4.78 is 10.8. The van der Waals surface area contributed by atoms with Crippen LogP contribution in [0.4, 0.5) is 5.69 Å². The van der Waals surface area contributed by atoms with Gasteiger partial charge in [0.2, 0.25) is 0 Å². The number of benzene rings is 1. The molecule has 1 aromatic carbocycles.